The summed E-state index contributed by atoms with van der Waals surface area (Å²) in [5.74, 6) is 0. The average molecular weight is 497 g/mol. The number of hydrogen-bond donors (Lipinski definition) is 0. The van der Waals surface area contributed by atoms with Gasteiger partial charge in [-0.05, 0) is 0 Å². The molecule has 0 bridgehead atoms. The van der Waals surface area contributed by atoms with E-state index in [0.717, 1.165) is 0 Å². The fraction of sp³-hybridized carbons (Fsp3) is 0.391. The van der Waals surface area contributed by atoms with Crippen LogP contribution in [0.1, 0.15) is 41.7 Å². The molecule has 0 heterocycles. The van der Waals surface area contributed by atoms with Crippen molar-refractivity contribution in [2.75, 3.05) is 0 Å². The van der Waals surface area contributed by atoms with E-state index in [4.69, 9.17) is 17.0 Å². The van der Waals surface area contributed by atoms with Crippen molar-refractivity contribution in [2.24, 2.45) is 0 Å². The van der Waals surface area contributed by atoms with Gasteiger partial charge in [0.05, 0.1) is 0 Å². The van der Waals surface area contributed by atoms with Crippen molar-refractivity contribution in [3.63, 3.8) is 0 Å². The molecule has 0 spiro atoms. The Hall–Kier alpha value is -0.140. The van der Waals surface area contributed by atoms with Crippen molar-refractivity contribution in [3.05, 3.63) is 58.1 Å². The molecule has 0 aliphatic rings. The molecule has 0 radical (unpaired) electrons. The fourth-order valence-corrected chi connectivity index (χ4v) is 10.2. The quantitative estimate of drug-likeness (QED) is 0.275. The van der Waals surface area contributed by atoms with Crippen LogP contribution in [0.4, 0.5) is 0 Å². The minimum absolute atomic E-state index is 0.826. The molecule has 0 fully saturated rings. The molecule has 27 heavy (non-hydrogen) atoms. The molecule has 0 saturated heterocycles. The van der Waals surface area contributed by atoms with E-state index in [9.17, 15) is 0 Å². The summed E-state index contributed by atoms with van der Waals surface area (Å²) >= 11 is -0.826. The molecule has 0 aliphatic heterocycles. The SMILES string of the molecule is CC[Si](CC)([c-]1c(C)c(C)c(C)c1C)[c-]1cc(C)c2ccccc21.[Cl][Zr+2][Cl]. The van der Waals surface area contributed by atoms with Gasteiger partial charge in [-0.2, -0.15) is 33.0 Å². The number of benzene rings is 1. The van der Waals surface area contributed by atoms with E-state index >= 15 is 0 Å². The summed E-state index contributed by atoms with van der Waals surface area (Å²) in [4.78, 5) is 0. The third kappa shape index (κ3) is 3.97. The first-order chi connectivity index (χ1) is 12.8. The van der Waals surface area contributed by atoms with Gasteiger partial charge in [0, 0.05) is 8.07 Å². The number of rotatable bonds is 4. The van der Waals surface area contributed by atoms with Gasteiger partial charge in [0.1, 0.15) is 0 Å². The summed E-state index contributed by atoms with van der Waals surface area (Å²) in [5, 5.41) is 6.33. The molecule has 0 unspecified atom stereocenters. The molecule has 0 atom stereocenters. The van der Waals surface area contributed by atoms with Gasteiger partial charge >= 0.3 is 37.9 Å². The summed E-state index contributed by atoms with van der Waals surface area (Å²) < 4.78 is 0. The van der Waals surface area contributed by atoms with Gasteiger partial charge in [-0.3, -0.25) is 0 Å². The molecule has 0 N–H and O–H groups in total. The Kier molecular flexibility index (Phi) is 8.20. The van der Waals surface area contributed by atoms with Gasteiger partial charge in [0.15, 0.2) is 0 Å². The predicted molar refractivity (Wildman–Crippen MR) is 123 cm³/mol. The number of fused-ring (bicyclic) bond motifs is 1. The van der Waals surface area contributed by atoms with Crippen molar-refractivity contribution in [2.45, 2.75) is 60.6 Å². The summed E-state index contributed by atoms with van der Waals surface area (Å²) in [6.07, 6.45) is 0. The van der Waals surface area contributed by atoms with E-state index < -0.39 is 28.9 Å². The van der Waals surface area contributed by atoms with Crippen molar-refractivity contribution < 1.29 is 20.8 Å². The zero-order valence-electron chi connectivity index (χ0n) is 17.6. The molecular formula is C23H30Cl2SiZr. The van der Waals surface area contributed by atoms with E-state index in [-0.39, 0.29) is 0 Å². The molecule has 3 aromatic carbocycles. The summed E-state index contributed by atoms with van der Waals surface area (Å²) in [5.41, 5.74) is 7.57. The molecule has 144 valence electrons. The Labute approximate surface area is 184 Å². The van der Waals surface area contributed by atoms with Crippen LogP contribution in [-0.4, -0.2) is 8.07 Å². The van der Waals surface area contributed by atoms with E-state index in [1.54, 1.807) is 21.5 Å². The Morgan fingerprint density at radius 2 is 1.37 bits per heavy atom. The molecule has 3 aromatic rings. The van der Waals surface area contributed by atoms with Gasteiger partial charge in [-0.25, -0.2) is 0 Å². The van der Waals surface area contributed by atoms with Crippen LogP contribution >= 0.6 is 17.0 Å². The van der Waals surface area contributed by atoms with Crippen molar-refractivity contribution in [1.29, 1.82) is 0 Å². The van der Waals surface area contributed by atoms with Crippen LogP contribution in [-0.2, 0) is 20.8 Å². The van der Waals surface area contributed by atoms with Crippen molar-refractivity contribution in [1.82, 2.24) is 0 Å². The molecule has 0 amide bonds. The standard InChI is InChI=1S/C23H30Si.2ClH.Zr/c1-8-24(9-2,23-18(6)16(4)17(5)19(23)7)22-14-15(3)20-12-10-11-13-21(20)22;;;/h10-14H,8-9H2,1-7H3;2*1H;/q-2;;;+4/p-2. The van der Waals surface area contributed by atoms with E-state index in [1.165, 1.54) is 39.6 Å². The van der Waals surface area contributed by atoms with E-state index in [1.807, 2.05) is 0 Å². The molecule has 0 nitrogen and oxygen atoms in total. The normalized spacial score (nSPS) is 11.3. The fourth-order valence-electron chi connectivity index (χ4n) is 4.89. The Morgan fingerprint density at radius 1 is 0.889 bits per heavy atom. The zero-order valence-corrected chi connectivity index (χ0v) is 22.5. The second kappa shape index (κ2) is 9.57. The van der Waals surface area contributed by atoms with Gasteiger partial charge in [-0.1, -0.05) is 66.6 Å². The van der Waals surface area contributed by atoms with Crippen LogP contribution < -0.4 is 10.4 Å². The average Bonchev–Trinajstić information content (AvgIpc) is 3.10. The van der Waals surface area contributed by atoms with Gasteiger partial charge in [-0.15, -0.1) is 40.2 Å². The summed E-state index contributed by atoms with van der Waals surface area (Å²) in [6, 6.07) is 14.1. The van der Waals surface area contributed by atoms with Gasteiger partial charge in [0.2, 0.25) is 0 Å². The van der Waals surface area contributed by atoms with E-state index in [0.29, 0.717) is 0 Å². The number of hydrogen-bond acceptors (Lipinski definition) is 0. The Balaban J connectivity index is 0.000000817. The maximum atomic E-state index is 4.93. The van der Waals surface area contributed by atoms with Crippen LogP contribution in [0.25, 0.3) is 10.8 Å². The zero-order chi connectivity index (χ0) is 20.4. The Bertz CT molecular complexity index is 891. The monoisotopic (exact) mass is 494 g/mol. The van der Waals surface area contributed by atoms with Gasteiger partial charge in [0.25, 0.3) is 0 Å². The number of halogens is 2. The third-order valence-corrected chi connectivity index (χ3v) is 12.2. The molecule has 4 heteroatoms. The van der Waals surface area contributed by atoms with Gasteiger partial charge < -0.3 is 0 Å². The molecule has 0 saturated carbocycles. The van der Waals surface area contributed by atoms with Crippen LogP contribution in [0.2, 0.25) is 12.1 Å². The summed E-state index contributed by atoms with van der Waals surface area (Å²) in [7, 11) is 8.13. The summed E-state index contributed by atoms with van der Waals surface area (Å²) in [6.45, 7) is 16.4. The van der Waals surface area contributed by atoms with Crippen molar-refractivity contribution >= 4 is 46.2 Å². The molecule has 3 rings (SSSR count). The molecular weight excluding hydrogens is 466 g/mol. The van der Waals surface area contributed by atoms with Crippen LogP contribution in [0.5, 0.6) is 0 Å². The van der Waals surface area contributed by atoms with Crippen molar-refractivity contribution in [3.8, 4) is 0 Å². The van der Waals surface area contributed by atoms with Crippen LogP contribution in [0.15, 0.2) is 30.3 Å². The molecule has 0 aromatic heterocycles. The third-order valence-electron chi connectivity index (χ3n) is 6.64. The molecule has 0 aliphatic carbocycles. The second-order valence-electron chi connectivity index (χ2n) is 7.52. The Morgan fingerprint density at radius 3 is 1.85 bits per heavy atom. The maximum absolute atomic E-state index is 4.93. The van der Waals surface area contributed by atoms with E-state index in [2.05, 4.69) is 78.8 Å². The van der Waals surface area contributed by atoms with Crippen LogP contribution in [0, 0.1) is 34.6 Å². The topological polar surface area (TPSA) is 0 Å². The first-order valence-electron chi connectivity index (χ1n) is 9.65. The predicted octanol–water partition coefficient (Wildman–Crippen LogP) is 6.80. The first kappa shape index (κ1) is 23.1. The minimum atomic E-state index is -1.74. The number of aryl methyl sites for hydroxylation is 1. The van der Waals surface area contributed by atoms with Crippen LogP contribution in [0.3, 0.4) is 0 Å². The second-order valence-corrected chi connectivity index (χ2v) is 15.9. The first-order valence-corrected chi connectivity index (χ1v) is 18.4.